The number of aromatic nitrogens is 4. The Morgan fingerprint density at radius 3 is 2.42 bits per heavy atom. The van der Waals surface area contributed by atoms with Crippen LogP contribution in [0.15, 0.2) is 41.3 Å². The molecule has 0 unspecified atom stereocenters. The molecule has 31 heavy (non-hydrogen) atoms. The van der Waals surface area contributed by atoms with Crippen molar-refractivity contribution in [1.29, 1.82) is 0 Å². The Hall–Kier alpha value is -3.20. The van der Waals surface area contributed by atoms with Crippen LogP contribution in [-0.2, 0) is 9.84 Å². The molecule has 9 heteroatoms. The summed E-state index contributed by atoms with van der Waals surface area (Å²) in [5.74, 6) is 1.03. The van der Waals surface area contributed by atoms with Crippen LogP contribution in [0, 0.1) is 5.82 Å². The van der Waals surface area contributed by atoms with Crippen LogP contribution in [0.1, 0.15) is 38.4 Å². The minimum Gasteiger partial charge on any atom is -0.369 e. The van der Waals surface area contributed by atoms with Crippen molar-refractivity contribution in [2.24, 2.45) is 0 Å². The smallest absolute Gasteiger partial charge is 0.198 e. The summed E-state index contributed by atoms with van der Waals surface area (Å²) in [4.78, 5) is 15.5. The molecule has 0 amide bonds. The van der Waals surface area contributed by atoms with Crippen molar-refractivity contribution in [3.8, 4) is 22.5 Å². The molecule has 160 valence electrons. The largest absolute Gasteiger partial charge is 0.369 e. The third-order valence-corrected chi connectivity index (χ3v) is 7.76. The Morgan fingerprint density at radius 2 is 1.77 bits per heavy atom. The van der Waals surface area contributed by atoms with Gasteiger partial charge >= 0.3 is 0 Å². The highest BCUT2D eigenvalue weighted by Gasteiger charge is 2.30. The standard InChI is InChI=1S/C22H22FN5O2S/c1-11(2)31(29,30)17-10-14(9-16-20(17)28-22(24)25-16)19-18(12-5-7-15(23)8-6-12)26-21(27-19)13-3-4-13/h5-11,13H,3-4H2,1-2H3,(H,26,27)(H3,24,25,28). The van der Waals surface area contributed by atoms with E-state index in [0.29, 0.717) is 28.2 Å². The molecule has 4 aromatic rings. The number of H-pyrrole nitrogens is 2. The van der Waals surface area contributed by atoms with Gasteiger partial charge in [0.2, 0.25) is 0 Å². The molecule has 0 atom stereocenters. The number of fused-ring (bicyclic) bond motifs is 1. The number of benzene rings is 2. The third kappa shape index (κ3) is 3.38. The number of nitrogens with two attached hydrogens (primary N) is 1. The number of halogens is 1. The minimum absolute atomic E-state index is 0.115. The Kier molecular flexibility index (Phi) is 4.40. The van der Waals surface area contributed by atoms with Gasteiger partial charge in [-0.15, -0.1) is 0 Å². The van der Waals surface area contributed by atoms with E-state index in [4.69, 9.17) is 10.7 Å². The van der Waals surface area contributed by atoms with Crippen molar-refractivity contribution in [1.82, 2.24) is 19.9 Å². The van der Waals surface area contributed by atoms with Gasteiger partial charge in [-0.1, -0.05) is 0 Å². The monoisotopic (exact) mass is 439 g/mol. The van der Waals surface area contributed by atoms with Gasteiger partial charge in [-0.25, -0.2) is 22.8 Å². The maximum Gasteiger partial charge on any atom is 0.198 e. The fraction of sp³-hybridized carbons (Fsp3) is 0.273. The molecular formula is C22H22FN5O2S. The molecule has 0 radical (unpaired) electrons. The molecule has 1 saturated carbocycles. The van der Waals surface area contributed by atoms with Gasteiger partial charge < -0.3 is 15.7 Å². The van der Waals surface area contributed by atoms with Crippen molar-refractivity contribution in [2.75, 3.05) is 5.73 Å². The highest BCUT2D eigenvalue weighted by atomic mass is 32.2. The number of imidazole rings is 2. The maximum absolute atomic E-state index is 13.5. The molecule has 0 spiro atoms. The minimum atomic E-state index is -3.63. The van der Waals surface area contributed by atoms with Gasteiger partial charge in [-0.2, -0.15) is 0 Å². The lowest BCUT2D eigenvalue weighted by Crippen LogP contribution is -2.14. The summed E-state index contributed by atoms with van der Waals surface area (Å²) in [6, 6.07) is 9.56. The van der Waals surface area contributed by atoms with E-state index >= 15 is 0 Å². The van der Waals surface area contributed by atoms with E-state index in [0.717, 1.165) is 29.9 Å². The lowest BCUT2D eigenvalue weighted by atomic mass is 10.0. The van der Waals surface area contributed by atoms with Crippen LogP contribution >= 0.6 is 0 Å². The Morgan fingerprint density at radius 1 is 1.06 bits per heavy atom. The molecule has 0 saturated heterocycles. The van der Waals surface area contributed by atoms with Crippen LogP contribution in [0.25, 0.3) is 33.5 Å². The van der Waals surface area contributed by atoms with Crippen LogP contribution < -0.4 is 5.73 Å². The number of hydrogen-bond donors (Lipinski definition) is 3. The highest BCUT2D eigenvalue weighted by molar-refractivity contribution is 7.92. The lowest BCUT2D eigenvalue weighted by molar-refractivity contribution is 0.588. The first kappa shape index (κ1) is 19.7. The summed E-state index contributed by atoms with van der Waals surface area (Å²) in [5, 5.41) is -0.623. The number of nitrogens with zero attached hydrogens (tertiary/aromatic N) is 2. The van der Waals surface area contributed by atoms with Gasteiger partial charge in [-0.05, 0) is 63.1 Å². The first-order valence-electron chi connectivity index (χ1n) is 10.1. The van der Waals surface area contributed by atoms with Crippen molar-refractivity contribution >= 4 is 26.8 Å². The van der Waals surface area contributed by atoms with Crippen LogP contribution in [0.2, 0.25) is 0 Å². The zero-order valence-corrected chi connectivity index (χ0v) is 17.9. The van der Waals surface area contributed by atoms with Gasteiger partial charge in [-0.3, -0.25) is 0 Å². The quantitative estimate of drug-likeness (QED) is 0.426. The van der Waals surface area contributed by atoms with E-state index in [-0.39, 0.29) is 16.7 Å². The maximum atomic E-state index is 13.5. The molecule has 2 aromatic heterocycles. The van der Waals surface area contributed by atoms with Crippen LogP contribution in [-0.4, -0.2) is 33.6 Å². The summed E-state index contributed by atoms with van der Waals surface area (Å²) >= 11 is 0. The average molecular weight is 440 g/mol. The summed E-state index contributed by atoms with van der Waals surface area (Å²) in [5.41, 5.74) is 9.41. The van der Waals surface area contributed by atoms with Crippen molar-refractivity contribution in [3.63, 3.8) is 0 Å². The van der Waals surface area contributed by atoms with E-state index in [9.17, 15) is 12.8 Å². The molecule has 4 N–H and O–H groups in total. The number of sulfone groups is 1. The molecule has 2 aromatic carbocycles. The second kappa shape index (κ2) is 6.91. The molecule has 1 fully saturated rings. The van der Waals surface area contributed by atoms with Gasteiger partial charge in [0.05, 0.1) is 27.0 Å². The molecule has 7 nitrogen and oxygen atoms in total. The fourth-order valence-corrected chi connectivity index (χ4v) is 4.91. The van der Waals surface area contributed by atoms with Gasteiger partial charge in [0.15, 0.2) is 15.8 Å². The summed E-state index contributed by atoms with van der Waals surface area (Å²) in [7, 11) is -3.63. The lowest BCUT2D eigenvalue weighted by Gasteiger charge is -2.11. The Balaban J connectivity index is 1.77. The Bertz CT molecular complexity index is 1400. The van der Waals surface area contributed by atoms with Gasteiger partial charge in [0.1, 0.15) is 17.2 Å². The molecule has 1 aliphatic rings. The van der Waals surface area contributed by atoms with Crippen molar-refractivity contribution in [2.45, 2.75) is 42.8 Å². The van der Waals surface area contributed by atoms with Crippen LogP contribution in [0.4, 0.5) is 10.3 Å². The third-order valence-electron chi connectivity index (χ3n) is 5.59. The molecule has 5 rings (SSSR count). The zero-order chi connectivity index (χ0) is 21.9. The van der Waals surface area contributed by atoms with Crippen LogP contribution in [0.5, 0.6) is 0 Å². The molecule has 0 aliphatic heterocycles. The second-order valence-electron chi connectivity index (χ2n) is 8.21. The molecule has 1 aliphatic carbocycles. The Labute approximate surface area is 178 Å². The number of nitrogens with one attached hydrogen (secondary N) is 2. The molecule has 2 heterocycles. The predicted molar refractivity (Wildman–Crippen MR) is 118 cm³/mol. The molecular weight excluding hydrogens is 417 g/mol. The van der Waals surface area contributed by atoms with Crippen molar-refractivity contribution < 1.29 is 12.8 Å². The topological polar surface area (TPSA) is 118 Å². The fourth-order valence-electron chi connectivity index (χ4n) is 3.69. The van der Waals surface area contributed by atoms with Crippen molar-refractivity contribution in [3.05, 3.63) is 48.0 Å². The summed E-state index contributed by atoms with van der Waals surface area (Å²) < 4.78 is 39.7. The first-order valence-corrected chi connectivity index (χ1v) is 11.7. The number of anilines is 1. The number of aromatic amines is 2. The van der Waals surface area contributed by atoms with E-state index < -0.39 is 15.1 Å². The van der Waals surface area contributed by atoms with E-state index in [2.05, 4.69) is 15.0 Å². The number of rotatable bonds is 5. The predicted octanol–water partition coefficient (Wildman–Crippen LogP) is 4.40. The second-order valence-corrected chi connectivity index (χ2v) is 10.7. The average Bonchev–Trinajstić information content (AvgIpc) is 3.36. The number of hydrogen-bond acceptors (Lipinski definition) is 5. The normalized spacial score (nSPS) is 14.6. The summed E-state index contributed by atoms with van der Waals surface area (Å²) in [6.07, 6.45) is 2.11. The van der Waals surface area contributed by atoms with Gasteiger partial charge in [0, 0.05) is 17.0 Å². The van der Waals surface area contributed by atoms with E-state index in [1.807, 2.05) is 0 Å². The number of nitrogen functional groups attached to an aromatic ring is 1. The van der Waals surface area contributed by atoms with Gasteiger partial charge in [0.25, 0.3) is 0 Å². The van der Waals surface area contributed by atoms with Crippen LogP contribution in [0.3, 0.4) is 0 Å². The first-order chi connectivity index (χ1) is 14.7. The van der Waals surface area contributed by atoms with E-state index in [1.54, 1.807) is 38.1 Å². The molecule has 0 bridgehead atoms. The highest BCUT2D eigenvalue weighted by Crippen LogP contribution is 2.42. The SMILES string of the molecule is CC(C)S(=O)(=O)c1cc(-c2nc(C3CC3)[nH]c2-c2ccc(F)cc2)cc2[nH]c(N)nc12. The summed E-state index contributed by atoms with van der Waals surface area (Å²) in [6.45, 7) is 3.26. The van der Waals surface area contributed by atoms with E-state index in [1.165, 1.54) is 12.1 Å². The zero-order valence-electron chi connectivity index (χ0n) is 17.1.